The Bertz CT molecular complexity index is 833. The van der Waals surface area contributed by atoms with Gasteiger partial charge >= 0.3 is 0 Å². The third kappa shape index (κ3) is 4.75. The van der Waals surface area contributed by atoms with Crippen molar-refractivity contribution < 1.29 is 18.7 Å². The summed E-state index contributed by atoms with van der Waals surface area (Å²) in [4.78, 5) is 25.9. The first-order valence-electron chi connectivity index (χ1n) is 8.94. The maximum Gasteiger partial charge on any atom is 0.274 e. The minimum atomic E-state index is -0.319. The molecule has 1 aliphatic heterocycles. The molecule has 1 saturated heterocycles. The Morgan fingerprint density at radius 2 is 1.89 bits per heavy atom. The molecule has 0 aliphatic carbocycles. The van der Waals surface area contributed by atoms with Crippen LogP contribution in [0.4, 0.5) is 0 Å². The Kier molecular flexibility index (Phi) is 5.90. The molecule has 27 heavy (non-hydrogen) atoms. The first-order valence-corrected chi connectivity index (χ1v) is 8.94. The molecule has 142 valence electrons. The van der Waals surface area contributed by atoms with Crippen molar-refractivity contribution in [1.82, 2.24) is 10.3 Å². The molecule has 1 aliphatic rings. The third-order valence-corrected chi connectivity index (χ3v) is 4.52. The van der Waals surface area contributed by atoms with E-state index in [1.807, 2.05) is 17.0 Å². The highest BCUT2D eigenvalue weighted by molar-refractivity contribution is 6.01. The van der Waals surface area contributed by atoms with Crippen LogP contribution in [0.1, 0.15) is 41.4 Å². The fraction of sp³-hybridized carbons (Fsp3) is 0.350. The quantitative estimate of drug-likeness (QED) is 0.627. The number of likely N-dealkylation sites (tertiary alicyclic amines) is 1. The lowest BCUT2D eigenvalue weighted by atomic mass is 10.1. The van der Waals surface area contributed by atoms with Crippen LogP contribution in [0, 0.1) is 6.92 Å². The predicted octanol–water partition coefficient (Wildman–Crippen LogP) is 2.74. The molecule has 2 heterocycles. The van der Waals surface area contributed by atoms with Crippen molar-refractivity contribution in [2.45, 2.75) is 26.7 Å². The molecular formula is C20H23N3O4. The van der Waals surface area contributed by atoms with Gasteiger partial charge in [-0.3, -0.25) is 9.59 Å². The lowest BCUT2D eigenvalue weighted by molar-refractivity contribution is -0.132. The van der Waals surface area contributed by atoms with Crippen LogP contribution in [0.2, 0.25) is 0 Å². The van der Waals surface area contributed by atoms with Gasteiger partial charge < -0.3 is 14.1 Å². The molecule has 1 fully saturated rings. The van der Waals surface area contributed by atoms with E-state index in [-0.39, 0.29) is 18.4 Å². The highest BCUT2D eigenvalue weighted by Gasteiger charge is 2.18. The summed E-state index contributed by atoms with van der Waals surface area (Å²) in [6.45, 7) is 5.21. The summed E-state index contributed by atoms with van der Waals surface area (Å²) in [7, 11) is 0. The molecule has 0 unspecified atom stereocenters. The van der Waals surface area contributed by atoms with E-state index in [4.69, 9.17) is 9.15 Å². The maximum absolute atomic E-state index is 12.0. The van der Waals surface area contributed by atoms with Gasteiger partial charge in [-0.15, -0.1) is 0 Å². The summed E-state index contributed by atoms with van der Waals surface area (Å²) in [5.74, 6) is 0.870. The van der Waals surface area contributed by atoms with E-state index in [1.165, 1.54) is 6.26 Å². The summed E-state index contributed by atoms with van der Waals surface area (Å²) in [6.07, 6.45) is 3.60. The fourth-order valence-corrected chi connectivity index (χ4v) is 2.88. The number of rotatable bonds is 6. The lowest BCUT2D eigenvalue weighted by Gasteiger charge is -2.15. The molecule has 0 spiro atoms. The van der Waals surface area contributed by atoms with E-state index in [9.17, 15) is 9.59 Å². The van der Waals surface area contributed by atoms with Crippen molar-refractivity contribution in [3.05, 3.63) is 53.5 Å². The summed E-state index contributed by atoms with van der Waals surface area (Å²) < 4.78 is 10.7. The van der Waals surface area contributed by atoms with Crippen LogP contribution in [0.25, 0.3) is 0 Å². The largest absolute Gasteiger partial charge is 0.484 e. The topological polar surface area (TPSA) is 84.1 Å². The second-order valence-electron chi connectivity index (χ2n) is 6.43. The van der Waals surface area contributed by atoms with E-state index in [0.717, 1.165) is 31.5 Å². The van der Waals surface area contributed by atoms with Gasteiger partial charge in [0.05, 0.1) is 17.5 Å². The molecular weight excluding hydrogens is 346 g/mol. The zero-order valence-corrected chi connectivity index (χ0v) is 15.5. The molecule has 0 radical (unpaired) electrons. The van der Waals surface area contributed by atoms with E-state index in [2.05, 4.69) is 10.5 Å². The van der Waals surface area contributed by atoms with E-state index < -0.39 is 0 Å². The molecule has 0 atom stereocenters. The average Bonchev–Trinajstić information content (AvgIpc) is 3.36. The van der Waals surface area contributed by atoms with E-state index >= 15 is 0 Å². The molecule has 7 nitrogen and oxygen atoms in total. The molecule has 0 saturated carbocycles. The third-order valence-electron chi connectivity index (χ3n) is 4.52. The zero-order valence-electron chi connectivity index (χ0n) is 15.5. The number of carbonyl (C=O) groups excluding carboxylic acids is 2. The van der Waals surface area contributed by atoms with Gasteiger partial charge in [0.2, 0.25) is 0 Å². The number of hydrazone groups is 1. The number of carbonyl (C=O) groups is 2. The van der Waals surface area contributed by atoms with Crippen LogP contribution in [0.5, 0.6) is 5.75 Å². The number of furan rings is 1. The molecule has 3 rings (SSSR count). The molecule has 1 N–H and O–H groups in total. The van der Waals surface area contributed by atoms with Crippen molar-refractivity contribution in [1.29, 1.82) is 0 Å². The van der Waals surface area contributed by atoms with Gasteiger partial charge in [-0.2, -0.15) is 5.10 Å². The molecule has 1 aromatic carbocycles. The summed E-state index contributed by atoms with van der Waals surface area (Å²) in [5.41, 5.74) is 4.48. The smallest absolute Gasteiger partial charge is 0.274 e. The van der Waals surface area contributed by atoms with Crippen molar-refractivity contribution in [3.63, 3.8) is 0 Å². The summed E-state index contributed by atoms with van der Waals surface area (Å²) >= 11 is 0. The van der Waals surface area contributed by atoms with Crippen molar-refractivity contribution in [2.75, 3.05) is 19.7 Å². The molecule has 1 aromatic heterocycles. The van der Waals surface area contributed by atoms with Gasteiger partial charge in [0.25, 0.3) is 11.8 Å². The van der Waals surface area contributed by atoms with Crippen molar-refractivity contribution in [2.24, 2.45) is 5.10 Å². The van der Waals surface area contributed by atoms with Gasteiger partial charge in [-0.25, -0.2) is 5.43 Å². The predicted molar refractivity (Wildman–Crippen MR) is 101 cm³/mol. The second kappa shape index (κ2) is 8.53. The van der Waals surface area contributed by atoms with Gasteiger partial charge in [0.15, 0.2) is 6.61 Å². The molecule has 0 bridgehead atoms. The summed E-state index contributed by atoms with van der Waals surface area (Å²) in [5, 5.41) is 4.12. The van der Waals surface area contributed by atoms with Crippen LogP contribution >= 0.6 is 0 Å². The Morgan fingerprint density at radius 3 is 2.52 bits per heavy atom. The van der Waals surface area contributed by atoms with Crippen molar-refractivity contribution >= 4 is 17.5 Å². The van der Waals surface area contributed by atoms with Gasteiger partial charge in [0.1, 0.15) is 11.5 Å². The number of hydrogen-bond acceptors (Lipinski definition) is 5. The van der Waals surface area contributed by atoms with Crippen LogP contribution in [-0.2, 0) is 4.79 Å². The normalized spacial score (nSPS) is 14.3. The summed E-state index contributed by atoms with van der Waals surface area (Å²) in [6, 6.07) is 8.85. The standard InChI is InChI=1S/C20H23N3O4/c1-14(21-22-20(25)18-9-12-26-15(18)2)16-5-7-17(8-6-16)27-13-19(24)23-10-3-4-11-23/h5-9,12H,3-4,10-11,13H2,1-2H3,(H,22,25)/b21-14-. The van der Waals surface area contributed by atoms with Crippen LogP contribution in [-0.4, -0.2) is 42.1 Å². The molecule has 7 heteroatoms. The van der Waals surface area contributed by atoms with Crippen LogP contribution < -0.4 is 10.2 Å². The van der Waals surface area contributed by atoms with Gasteiger partial charge in [-0.05, 0) is 62.6 Å². The SMILES string of the molecule is C/C(=N/NC(=O)c1ccoc1C)c1ccc(OCC(=O)N2CCCC2)cc1. The highest BCUT2D eigenvalue weighted by atomic mass is 16.5. The minimum absolute atomic E-state index is 0.0200. The maximum atomic E-state index is 12.0. The number of amides is 2. The number of benzene rings is 1. The fourth-order valence-electron chi connectivity index (χ4n) is 2.88. The molecule has 2 aromatic rings. The Labute approximate surface area is 158 Å². The van der Waals surface area contributed by atoms with E-state index in [1.54, 1.807) is 32.0 Å². The zero-order chi connectivity index (χ0) is 19.2. The van der Waals surface area contributed by atoms with E-state index in [0.29, 0.717) is 22.8 Å². The monoisotopic (exact) mass is 369 g/mol. The first kappa shape index (κ1) is 18.7. The number of ether oxygens (including phenoxy) is 1. The number of aryl methyl sites for hydroxylation is 1. The second-order valence-corrected chi connectivity index (χ2v) is 6.43. The van der Waals surface area contributed by atoms with Crippen LogP contribution in [0.3, 0.4) is 0 Å². The number of nitrogens with one attached hydrogen (secondary N) is 1. The van der Waals surface area contributed by atoms with Gasteiger partial charge in [-0.1, -0.05) is 0 Å². The Balaban J connectivity index is 1.53. The minimum Gasteiger partial charge on any atom is -0.484 e. The Morgan fingerprint density at radius 1 is 1.19 bits per heavy atom. The molecule has 2 amide bonds. The number of hydrogen-bond donors (Lipinski definition) is 1. The average molecular weight is 369 g/mol. The lowest BCUT2D eigenvalue weighted by Crippen LogP contribution is -2.32. The first-order chi connectivity index (χ1) is 13.0. The Hall–Kier alpha value is -3.09. The van der Waals surface area contributed by atoms with Crippen molar-refractivity contribution in [3.8, 4) is 5.75 Å². The number of nitrogens with zero attached hydrogens (tertiary/aromatic N) is 2. The highest BCUT2D eigenvalue weighted by Crippen LogP contribution is 2.14. The van der Waals surface area contributed by atoms with Gasteiger partial charge in [0, 0.05) is 13.1 Å². The van der Waals surface area contributed by atoms with Crippen LogP contribution in [0.15, 0.2) is 46.1 Å².